The van der Waals surface area contributed by atoms with Gasteiger partial charge in [0.05, 0.1) is 13.7 Å². The lowest BCUT2D eigenvalue weighted by molar-refractivity contribution is 0.331. The minimum absolute atomic E-state index is 0.149. The van der Waals surface area contributed by atoms with Gasteiger partial charge in [0.25, 0.3) is 6.02 Å². The first-order valence-electron chi connectivity index (χ1n) is 7.32. The van der Waals surface area contributed by atoms with Crippen LogP contribution in [0, 0.1) is 0 Å². The standard InChI is InChI=1S/C17H19N3O2/c1-21-15-6-2-4-13(10-15)16(14-5-3-7-18-11-14)12-20-17-19-8-9-22-17/h2-7,10-11,16H,8-9,12H2,1H3,(H,19,20). The molecule has 5 heteroatoms. The molecule has 0 spiro atoms. The minimum Gasteiger partial charge on any atom is -0.497 e. The average Bonchev–Trinajstić information content (AvgIpc) is 3.10. The molecule has 1 aromatic carbocycles. The fraction of sp³-hybridized carbons (Fsp3) is 0.294. The van der Waals surface area contributed by atoms with E-state index in [1.165, 1.54) is 5.56 Å². The number of amidine groups is 1. The smallest absolute Gasteiger partial charge is 0.284 e. The van der Waals surface area contributed by atoms with Crippen molar-refractivity contribution in [1.82, 2.24) is 10.3 Å². The molecule has 22 heavy (non-hydrogen) atoms. The second kappa shape index (κ2) is 6.93. The fourth-order valence-corrected chi connectivity index (χ4v) is 2.50. The van der Waals surface area contributed by atoms with Crippen LogP contribution < -0.4 is 10.1 Å². The molecule has 5 nitrogen and oxygen atoms in total. The fourth-order valence-electron chi connectivity index (χ4n) is 2.50. The van der Waals surface area contributed by atoms with Crippen molar-refractivity contribution in [1.29, 1.82) is 0 Å². The highest BCUT2D eigenvalue weighted by Gasteiger charge is 2.17. The van der Waals surface area contributed by atoms with Gasteiger partial charge in [0.2, 0.25) is 0 Å². The first-order chi connectivity index (χ1) is 10.9. The summed E-state index contributed by atoms with van der Waals surface area (Å²) < 4.78 is 10.8. The second-order valence-corrected chi connectivity index (χ2v) is 5.03. The number of methoxy groups -OCH3 is 1. The zero-order valence-electron chi connectivity index (χ0n) is 12.5. The third kappa shape index (κ3) is 3.36. The van der Waals surface area contributed by atoms with Gasteiger partial charge in [-0.3, -0.25) is 4.98 Å². The predicted octanol–water partition coefficient (Wildman–Crippen LogP) is 2.20. The van der Waals surface area contributed by atoms with Gasteiger partial charge in [-0.2, -0.15) is 0 Å². The van der Waals surface area contributed by atoms with Crippen LogP contribution in [0.3, 0.4) is 0 Å². The zero-order chi connectivity index (χ0) is 15.2. The van der Waals surface area contributed by atoms with Crippen molar-refractivity contribution in [2.75, 3.05) is 26.8 Å². The lowest BCUT2D eigenvalue weighted by Crippen LogP contribution is -2.29. The van der Waals surface area contributed by atoms with E-state index in [9.17, 15) is 0 Å². The number of ether oxygens (including phenoxy) is 2. The van der Waals surface area contributed by atoms with Crippen LogP contribution in [-0.2, 0) is 4.74 Å². The second-order valence-electron chi connectivity index (χ2n) is 5.03. The van der Waals surface area contributed by atoms with E-state index >= 15 is 0 Å². The summed E-state index contributed by atoms with van der Waals surface area (Å²) in [5.41, 5.74) is 2.31. The van der Waals surface area contributed by atoms with E-state index < -0.39 is 0 Å². The third-order valence-corrected chi connectivity index (χ3v) is 3.63. The monoisotopic (exact) mass is 297 g/mol. The molecule has 1 atom stereocenters. The minimum atomic E-state index is 0.149. The van der Waals surface area contributed by atoms with E-state index in [0.717, 1.165) is 17.9 Å². The van der Waals surface area contributed by atoms with Gasteiger partial charge in [0.1, 0.15) is 12.4 Å². The van der Waals surface area contributed by atoms with Crippen LogP contribution in [0.25, 0.3) is 0 Å². The van der Waals surface area contributed by atoms with Crippen molar-refractivity contribution >= 4 is 6.02 Å². The lowest BCUT2D eigenvalue weighted by atomic mass is 9.92. The predicted molar refractivity (Wildman–Crippen MR) is 85.3 cm³/mol. The van der Waals surface area contributed by atoms with Crippen LogP contribution >= 0.6 is 0 Å². The summed E-state index contributed by atoms with van der Waals surface area (Å²) in [5, 5.41) is 3.28. The van der Waals surface area contributed by atoms with E-state index in [-0.39, 0.29) is 5.92 Å². The molecule has 2 heterocycles. The molecular weight excluding hydrogens is 278 g/mol. The topological polar surface area (TPSA) is 55.7 Å². The van der Waals surface area contributed by atoms with Gasteiger partial charge in [-0.25, -0.2) is 4.99 Å². The molecular formula is C17H19N3O2. The molecule has 0 amide bonds. The van der Waals surface area contributed by atoms with E-state index in [4.69, 9.17) is 9.47 Å². The Bertz CT molecular complexity index is 643. The van der Waals surface area contributed by atoms with Crippen LogP contribution in [0.15, 0.2) is 53.8 Å². The number of nitrogens with zero attached hydrogens (tertiary/aromatic N) is 2. The van der Waals surface area contributed by atoms with Gasteiger partial charge < -0.3 is 14.8 Å². The molecule has 1 aliphatic rings. The van der Waals surface area contributed by atoms with Crippen molar-refractivity contribution in [2.45, 2.75) is 5.92 Å². The van der Waals surface area contributed by atoms with Gasteiger partial charge >= 0.3 is 0 Å². The Balaban J connectivity index is 1.84. The van der Waals surface area contributed by atoms with Crippen molar-refractivity contribution in [2.24, 2.45) is 4.99 Å². The Morgan fingerprint density at radius 3 is 2.91 bits per heavy atom. The molecule has 0 bridgehead atoms. The highest BCUT2D eigenvalue weighted by atomic mass is 16.5. The SMILES string of the molecule is COc1cccc(C(CNC2=NCCO2)c2cccnc2)c1. The number of aromatic nitrogens is 1. The molecule has 1 N–H and O–H groups in total. The number of benzene rings is 1. The summed E-state index contributed by atoms with van der Waals surface area (Å²) in [6.45, 7) is 2.07. The maximum atomic E-state index is 5.42. The molecule has 0 radical (unpaired) electrons. The van der Waals surface area contributed by atoms with Crippen LogP contribution in [0.4, 0.5) is 0 Å². The maximum absolute atomic E-state index is 5.42. The summed E-state index contributed by atoms with van der Waals surface area (Å²) >= 11 is 0. The Morgan fingerprint density at radius 2 is 2.18 bits per heavy atom. The van der Waals surface area contributed by atoms with Crippen LogP contribution in [-0.4, -0.2) is 37.8 Å². The first kappa shape index (κ1) is 14.4. The van der Waals surface area contributed by atoms with Crippen molar-refractivity contribution in [3.05, 3.63) is 59.9 Å². The Morgan fingerprint density at radius 1 is 1.27 bits per heavy atom. The molecule has 0 saturated carbocycles. The third-order valence-electron chi connectivity index (χ3n) is 3.63. The highest BCUT2D eigenvalue weighted by molar-refractivity contribution is 5.74. The van der Waals surface area contributed by atoms with E-state index in [0.29, 0.717) is 19.2 Å². The molecule has 114 valence electrons. The molecule has 1 aromatic heterocycles. The molecule has 0 saturated heterocycles. The quantitative estimate of drug-likeness (QED) is 0.919. The first-order valence-corrected chi connectivity index (χ1v) is 7.32. The number of aliphatic imine (C=N–C) groups is 1. The van der Waals surface area contributed by atoms with E-state index in [2.05, 4.69) is 33.5 Å². The molecule has 3 rings (SSSR count). The maximum Gasteiger partial charge on any atom is 0.284 e. The number of hydrogen-bond acceptors (Lipinski definition) is 5. The molecule has 1 aliphatic heterocycles. The van der Waals surface area contributed by atoms with Crippen LogP contribution in [0.2, 0.25) is 0 Å². The van der Waals surface area contributed by atoms with Gasteiger partial charge in [-0.15, -0.1) is 0 Å². The summed E-state index contributed by atoms with van der Waals surface area (Å²) in [5.74, 6) is 0.997. The molecule has 0 aliphatic carbocycles. The summed E-state index contributed by atoms with van der Waals surface area (Å²) in [4.78, 5) is 8.50. The zero-order valence-corrected chi connectivity index (χ0v) is 12.5. The van der Waals surface area contributed by atoms with Gasteiger partial charge in [0, 0.05) is 24.9 Å². The van der Waals surface area contributed by atoms with Crippen LogP contribution in [0.5, 0.6) is 5.75 Å². The van der Waals surface area contributed by atoms with Crippen molar-refractivity contribution in [3.8, 4) is 5.75 Å². The number of nitrogens with one attached hydrogen (secondary N) is 1. The van der Waals surface area contributed by atoms with Gasteiger partial charge in [0.15, 0.2) is 0 Å². The summed E-state index contributed by atoms with van der Waals surface area (Å²) in [6.07, 6.45) is 3.67. The summed E-state index contributed by atoms with van der Waals surface area (Å²) in [6, 6.07) is 12.7. The Hall–Kier alpha value is -2.56. The molecule has 2 aromatic rings. The van der Waals surface area contributed by atoms with Crippen molar-refractivity contribution in [3.63, 3.8) is 0 Å². The number of rotatable bonds is 5. The average molecular weight is 297 g/mol. The number of hydrogen-bond donors (Lipinski definition) is 1. The normalized spacial score (nSPS) is 14.9. The molecule has 0 fully saturated rings. The summed E-state index contributed by atoms with van der Waals surface area (Å²) in [7, 11) is 1.68. The lowest BCUT2D eigenvalue weighted by Gasteiger charge is -2.19. The van der Waals surface area contributed by atoms with E-state index in [1.807, 2.05) is 24.4 Å². The largest absolute Gasteiger partial charge is 0.497 e. The Kier molecular flexibility index (Phi) is 4.53. The Labute approximate surface area is 130 Å². The van der Waals surface area contributed by atoms with Crippen molar-refractivity contribution < 1.29 is 9.47 Å². The van der Waals surface area contributed by atoms with E-state index in [1.54, 1.807) is 13.3 Å². The molecule has 1 unspecified atom stereocenters. The highest BCUT2D eigenvalue weighted by Crippen LogP contribution is 2.26. The van der Waals surface area contributed by atoms with Gasteiger partial charge in [-0.05, 0) is 29.3 Å². The van der Waals surface area contributed by atoms with Gasteiger partial charge in [-0.1, -0.05) is 18.2 Å². The van der Waals surface area contributed by atoms with Crippen LogP contribution in [0.1, 0.15) is 17.0 Å². The number of pyridine rings is 1.